The highest BCUT2D eigenvalue weighted by Crippen LogP contribution is 2.45. The van der Waals surface area contributed by atoms with E-state index < -0.39 is 0 Å². The van der Waals surface area contributed by atoms with Crippen molar-refractivity contribution in [1.29, 1.82) is 0 Å². The Kier molecular flexibility index (Phi) is 5.15. The molecule has 0 bridgehead atoms. The Hall–Kier alpha value is -1.69. The summed E-state index contributed by atoms with van der Waals surface area (Å²) < 4.78 is 13.8. The fourth-order valence-electron chi connectivity index (χ4n) is 2.83. The zero-order chi connectivity index (χ0) is 17.1. The van der Waals surface area contributed by atoms with Crippen molar-refractivity contribution in [3.8, 4) is 11.5 Å². The zero-order valence-corrected chi connectivity index (χ0v) is 15.5. The second kappa shape index (κ2) is 7.68. The van der Waals surface area contributed by atoms with E-state index in [0.29, 0.717) is 18.6 Å². The molecule has 134 valence electrons. The lowest BCUT2D eigenvalue weighted by molar-refractivity contribution is 0.314. The SMILES string of the molecule is CCCOc1ccc(OCCSc2nnc(C3CC3)n2C2CC2)cc1. The largest absolute Gasteiger partial charge is 0.494 e. The molecule has 0 unspecified atom stereocenters. The highest BCUT2D eigenvalue weighted by Gasteiger charge is 2.36. The van der Waals surface area contributed by atoms with Crippen LogP contribution in [0.3, 0.4) is 0 Å². The molecule has 0 atom stereocenters. The van der Waals surface area contributed by atoms with Crippen LogP contribution in [0.1, 0.15) is 56.8 Å². The Balaban J connectivity index is 1.26. The summed E-state index contributed by atoms with van der Waals surface area (Å²) in [5, 5.41) is 9.94. The Morgan fingerprint density at radius 2 is 1.68 bits per heavy atom. The fourth-order valence-corrected chi connectivity index (χ4v) is 3.66. The van der Waals surface area contributed by atoms with Gasteiger partial charge in [0.1, 0.15) is 17.3 Å². The predicted molar refractivity (Wildman–Crippen MR) is 98.7 cm³/mol. The van der Waals surface area contributed by atoms with E-state index in [2.05, 4.69) is 21.7 Å². The van der Waals surface area contributed by atoms with Crippen LogP contribution in [-0.2, 0) is 0 Å². The molecule has 5 nitrogen and oxygen atoms in total. The molecule has 0 amide bonds. The highest BCUT2D eigenvalue weighted by atomic mass is 32.2. The topological polar surface area (TPSA) is 49.2 Å². The minimum absolute atomic E-state index is 0.643. The molecule has 2 aromatic rings. The summed E-state index contributed by atoms with van der Waals surface area (Å²) in [6, 6.07) is 8.50. The van der Waals surface area contributed by atoms with E-state index in [4.69, 9.17) is 9.47 Å². The van der Waals surface area contributed by atoms with Crippen molar-refractivity contribution in [2.24, 2.45) is 0 Å². The van der Waals surface area contributed by atoms with Crippen molar-refractivity contribution in [3.05, 3.63) is 30.1 Å². The molecule has 2 aliphatic carbocycles. The molecule has 6 heteroatoms. The molecule has 1 aromatic carbocycles. The van der Waals surface area contributed by atoms with Gasteiger partial charge >= 0.3 is 0 Å². The van der Waals surface area contributed by atoms with Crippen LogP contribution in [0.2, 0.25) is 0 Å². The highest BCUT2D eigenvalue weighted by molar-refractivity contribution is 7.99. The van der Waals surface area contributed by atoms with E-state index in [1.54, 1.807) is 11.8 Å². The van der Waals surface area contributed by atoms with E-state index >= 15 is 0 Å². The van der Waals surface area contributed by atoms with Crippen molar-refractivity contribution in [2.45, 2.75) is 56.1 Å². The van der Waals surface area contributed by atoms with Gasteiger partial charge in [-0.1, -0.05) is 18.7 Å². The van der Waals surface area contributed by atoms with Crippen LogP contribution in [0.4, 0.5) is 0 Å². The summed E-state index contributed by atoms with van der Waals surface area (Å²) in [4.78, 5) is 0. The fraction of sp³-hybridized carbons (Fsp3) is 0.579. The summed E-state index contributed by atoms with van der Waals surface area (Å²) in [5.74, 6) is 4.53. The maximum atomic E-state index is 5.84. The van der Waals surface area contributed by atoms with Gasteiger partial charge in [-0.15, -0.1) is 10.2 Å². The third-order valence-corrected chi connectivity index (χ3v) is 5.33. The number of benzene rings is 1. The predicted octanol–water partition coefficient (Wildman–Crippen LogP) is 4.45. The van der Waals surface area contributed by atoms with E-state index in [1.165, 1.54) is 31.5 Å². The Morgan fingerprint density at radius 1 is 1.00 bits per heavy atom. The summed E-state index contributed by atoms with van der Waals surface area (Å²) >= 11 is 1.75. The first-order chi connectivity index (χ1) is 12.3. The van der Waals surface area contributed by atoms with E-state index in [9.17, 15) is 0 Å². The van der Waals surface area contributed by atoms with Crippen molar-refractivity contribution >= 4 is 11.8 Å². The van der Waals surface area contributed by atoms with Crippen molar-refractivity contribution in [1.82, 2.24) is 14.8 Å². The number of aromatic nitrogens is 3. The molecule has 4 rings (SSSR count). The van der Waals surface area contributed by atoms with Crippen molar-refractivity contribution in [2.75, 3.05) is 19.0 Å². The third-order valence-electron chi connectivity index (χ3n) is 4.43. The van der Waals surface area contributed by atoms with Gasteiger partial charge in [-0.3, -0.25) is 0 Å². The molecule has 1 aromatic heterocycles. The Morgan fingerprint density at radius 3 is 2.28 bits per heavy atom. The lowest BCUT2D eigenvalue weighted by atomic mass is 10.3. The lowest BCUT2D eigenvalue weighted by Gasteiger charge is -2.09. The maximum Gasteiger partial charge on any atom is 0.191 e. The molecule has 0 N–H and O–H groups in total. The van der Waals surface area contributed by atoms with Gasteiger partial charge in [-0.05, 0) is 56.4 Å². The average Bonchev–Trinajstić information content (AvgIpc) is 3.57. The van der Waals surface area contributed by atoms with Gasteiger partial charge in [-0.2, -0.15) is 0 Å². The van der Waals surface area contributed by atoms with Crippen molar-refractivity contribution in [3.63, 3.8) is 0 Å². The van der Waals surface area contributed by atoms with Gasteiger partial charge in [-0.25, -0.2) is 0 Å². The summed E-state index contributed by atoms with van der Waals surface area (Å²) in [6.45, 7) is 3.52. The Bertz CT molecular complexity index is 693. The van der Waals surface area contributed by atoms with Crippen molar-refractivity contribution < 1.29 is 9.47 Å². The Labute approximate surface area is 153 Å². The zero-order valence-electron chi connectivity index (χ0n) is 14.7. The number of ether oxygens (including phenoxy) is 2. The molecule has 2 aliphatic rings. The minimum Gasteiger partial charge on any atom is -0.494 e. The van der Waals surface area contributed by atoms with Crippen LogP contribution in [0.15, 0.2) is 29.4 Å². The van der Waals surface area contributed by atoms with Crippen LogP contribution < -0.4 is 9.47 Å². The van der Waals surface area contributed by atoms with E-state index in [1.807, 2.05) is 24.3 Å². The lowest BCUT2D eigenvalue weighted by Crippen LogP contribution is -2.04. The first-order valence-electron chi connectivity index (χ1n) is 9.28. The van der Waals surface area contributed by atoms with Crippen LogP contribution in [0.25, 0.3) is 0 Å². The summed E-state index contributed by atoms with van der Waals surface area (Å²) in [7, 11) is 0. The number of nitrogens with zero attached hydrogens (tertiary/aromatic N) is 3. The smallest absolute Gasteiger partial charge is 0.191 e. The van der Waals surface area contributed by atoms with Gasteiger partial charge in [0.2, 0.25) is 0 Å². The van der Waals surface area contributed by atoms with Gasteiger partial charge in [0.25, 0.3) is 0 Å². The minimum atomic E-state index is 0.643. The van der Waals surface area contributed by atoms with Gasteiger partial charge in [0.15, 0.2) is 5.16 Å². The third kappa shape index (κ3) is 4.29. The number of hydrogen-bond acceptors (Lipinski definition) is 5. The van der Waals surface area contributed by atoms with Crippen LogP contribution in [-0.4, -0.2) is 33.7 Å². The molecule has 2 fully saturated rings. The molecule has 0 saturated heterocycles. The number of rotatable bonds is 10. The molecule has 0 radical (unpaired) electrons. The average molecular weight is 359 g/mol. The number of hydrogen-bond donors (Lipinski definition) is 0. The number of thioether (sulfide) groups is 1. The normalized spacial score (nSPS) is 16.8. The monoisotopic (exact) mass is 359 g/mol. The van der Waals surface area contributed by atoms with Crippen LogP contribution in [0, 0.1) is 0 Å². The maximum absolute atomic E-state index is 5.84. The summed E-state index contributed by atoms with van der Waals surface area (Å²) in [5.41, 5.74) is 0. The van der Waals surface area contributed by atoms with Crippen LogP contribution in [0.5, 0.6) is 11.5 Å². The molecule has 0 spiro atoms. The molecular formula is C19H25N3O2S. The molecule has 2 saturated carbocycles. The quantitative estimate of drug-likeness (QED) is 0.463. The van der Waals surface area contributed by atoms with Gasteiger partial charge in [0.05, 0.1) is 13.2 Å². The molecular weight excluding hydrogens is 334 g/mol. The standard InChI is InChI=1S/C19H25N3O2S/c1-2-11-23-16-7-9-17(10-8-16)24-12-13-25-19-21-20-18(14-3-4-14)22(19)15-5-6-15/h7-10,14-15H,2-6,11-13H2,1H3. The van der Waals surface area contributed by atoms with E-state index in [0.717, 1.165) is 35.4 Å². The second-order valence-corrected chi connectivity index (χ2v) is 7.80. The van der Waals surface area contributed by atoms with E-state index in [-0.39, 0.29) is 0 Å². The van der Waals surface area contributed by atoms with Gasteiger partial charge < -0.3 is 14.0 Å². The molecule has 0 aliphatic heterocycles. The molecule has 25 heavy (non-hydrogen) atoms. The molecule has 1 heterocycles. The first-order valence-corrected chi connectivity index (χ1v) is 10.3. The first kappa shape index (κ1) is 16.8. The van der Waals surface area contributed by atoms with Crippen LogP contribution >= 0.6 is 11.8 Å². The summed E-state index contributed by atoms with van der Waals surface area (Å²) in [6.07, 6.45) is 6.11. The second-order valence-electron chi connectivity index (χ2n) is 6.73. The van der Waals surface area contributed by atoms with Gasteiger partial charge in [0, 0.05) is 17.7 Å².